The van der Waals surface area contributed by atoms with Crippen LogP contribution in [0.4, 0.5) is 4.39 Å². The molecule has 3 aromatic heterocycles. The number of halogens is 1. The molecule has 2 amide bonds. The molecule has 0 N–H and O–H groups in total. The van der Waals surface area contributed by atoms with Gasteiger partial charge in [-0.3, -0.25) is 9.59 Å². The maximum atomic E-state index is 13.5. The van der Waals surface area contributed by atoms with Crippen molar-refractivity contribution in [1.29, 1.82) is 0 Å². The number of nitrogens with zero attached hydrogens (tertiary/aromatic N) is 6. The van der Waals surface area contributed by atoms with Crippen molar-refractivity contribution < 1.29 is 18.5 Å². The SMILES string of the molecule is Cc1noc(C)c1CCC(=O)N1CCN(C(=O)c2cn3nc(-c4ccc(F)cc4)cc(C(C)C)c3n2)C[C@@H]1C. The highest BCUT2D eigenvalue weighted by Crippen LogP contribution is 2.26. The van der Waals surface area contributed by atoms with Crippen molar-refractivity contribution in [2.45, 2.75) is 59.4 Å². The van der Waals surface area contributed by atoms with Gasteiger partial charge in [0, 0.05) is 48.8 Å². The van der Waals surface area contributed by atoms with Gasteiger partial charge >= 0.3 is 0 Å². The number of aryl methyl sites for hydroxylation is 2. The molecule has 4 aromatic rings. The third-order valence-electron chi connectivity index (χ3n) is 7.44. The third-order valence-corrected chi connectivity index (χ3v) is 7.44. The molecule has 0 radical (unpaired) electrons. The highest BCUT2D eigenvalue weighted by atomic mass is 19.1. The van der Waals surface area contributed by atoms with Crippen LogP contribution in [0.15, 0.2) is 41.1 Å². The van der Waals surface area contributed by atoms with E-state index in [0.29, 0.717) is 49.5 Å². The lowest BCUT2D eigenvalue weighted by molar-refractivity contribution is -0.135. The average molecular weight is 533 g/mol. The largest absolute Gasteiger partial charge is 0.361 e. The lowest BCUT2D eigenvalue weighted by Gasteiger charge is -2.39. The Balaban J connectivity index is 1.31. The summed E-state index contributed by atoms with van der Waals surface area (Å²) in [5.74, 6) is 0.446. The second-order valence-electron chi connectivity index (χ2n) is 10.5. The first kappa shape index (κ1) is 26.5. The Morgan fingerprint density at radius 1 is 1.15 bits per heavy atom. The number of piperazine rings is 1. The molecule has 0 aliphatic carbocycles. The molecule has 1 aliphatic rings. The van der Waals surface area contributed by atoms with Crippen LogP contribution in [0.3, 0.4) is 0 Å². The molecule has 39 heavy (non-hydrogen) atoms. The fourth-order valence-corrected chi connectivity index (χ4v) is 5.20. The molecule has 1 saturated heterocycles. The molecule has 0 bridgehead atoms. The highest BCUT2D eigenvalue weighted by molar-refractivity contribution is 5.93. The Bertz CT molecular complexity index is 1500. The highest BCUT2D eigenvalue weighted by Gasteiger charge is 2.31. The van der Waals surface area contributed by atoms with Gasteiger partial charge in [0.05, 0.1) is 17.6 Å². The van der Waals surface area contributed by atoms with Gasteiger partial charge in [0.2, 0.25) is 5.91 Å². The van der Waals surface area contributed by atoms with Gasteiger partial charge in [-0.1, -0.05) is 19.0 Å². The van der Waals surface area contributed by atoms with Crippen molar-refractivity contribution in [2.24, 2.45) is 0 Å². The molecule has 0 unspecified atom stereocenters. The van der Waals surface area contributed by atoms with E-state index < -0.39 is 0 Å². The Kier molecular flexibility index (Phi) is 7.20. The summed E-state index contributed by atoms with van der Waals surface area (Å²) in [5.41, 5.74) is 5.15. The van der Waals surface area contributed by atoms with Gasteiger partial charge in [-0.25, -0.2) is 13.9 Å². The predicted octanol–water partition coefficient (Wildman–Crippen LogP) is 4.57. The van der Waals surface area contributed by atoms with Crippen molar-refractivity contribution in [3.05, 3.63) is 70.6 Å². The molecular weight excluding hydrogens is 499 g/mol. The van der Waals surface area contributed by atoms with Crippen molar-refractivity contribution >= 4 is 17.5 Å². The molecule has 1 aromatic carbocycles. The van der Waals surface area contributed by atoms with E-state index in [2.05, 4.69) is 29.1 Å². The monoisotopic (exact) mass is 532 g/mol. The molecule has 204 valence electrons. The van der Waals surface area contributed by atoms with Gasteiger partial charge in [-0.05, 0) is 63.4 Å². The minimum Gasteiger partial charge on any atom is -0.361 e. The number of hydrogen-bond donors (Lipinski definition) is 0. The van der Waals surface area contributed by atoms with Gasteiger partial charge in [0.25, 0.3) is 5.91 Å². The number of fused-ring (bicyclic) bond motifs is 1. The number of carbonyl (C=O) groups is 2. The lowest BCUT2D eigenvalue weighted by atomic mass is 10.0. The van der Waals surface area contributed by atoms with Gasteiger partial charge in [-0.15, -0.1) is 0 Å². The van der Waals surface area contributed by atoms with E-state index in [1.165, 1.54) is 12.1 Å². The zero-order valence-corrected chi connectivity index (χ0v) is 22.9. The number of amides is 2. The van der Waals surface area contributed by atoms with Gasteiger partial charge in [0.15, 0.2) is 5.65 Å². The molecule has 10 heteroatoms. The first-order chi connectivity index (χ1) is 18.6. The van der Waals surface area contributed by atoms with Crippen molar-refractivity contribution in [2.75, 3.05) is 19.6 Å². The number of benzene rings is 1. The summed E-state index contributed by atoms with van der Waals surface area (Å²) in [5, 5.41) is 8.63. The third kappa shape index (κ3) is 5.28. The van der Waals surface area contributed by atoms with E-state index in [4.69, 9.17) is 4.52 Å². The fourth-order valence-electron chi connectivity index (χ4n) is 5.20. The second-order valence-corrected chi connectivity index (χ2v) is 10.5. The molecule has 1 aliphatic heterocycles. The van der Waals surface area contributed by atoms with Crippen molar-refractivity contribution in [3.8, 4) is 11.3 Å². The first-order valence-corrected chi connectivity index (χ1v) is 13.3. The average Bonchev–Trinajstić information content (AvgIpc) is 3.49. The number of rotatable bonds is 6. The smallest absolute Gasteiger partial charge is 0.274 e. The van der Waals surface area contributed by atoms with Gasteiger partial charge < -0.3 is 14.3 Å². The van der Waals surface area contributed by atoms with Crippen LogP contribution in [-0.4, -0.2) is 67.0 Å². The minimum absolute atomic E-state index is 0.0569. The molecule has 0 saturated carbocycles. The molecule has 5 rings (SSSR count). The van der Waals surface area contributed by atoms with Gasteiger partial charge in [-0.2, -0.15) is 5.10 Å². The van der Waals surface area contributed by atoms with Crippen molar-refractivity contribution in [1.82, 2.24) is 29.6 Å². The minimum atomic E-state index is -0.309. The number of aromatic nitrogens is 4. The quantitative estimate of drug-likeness (QED) is 0.361. The normalized spacial score (nSPS) is 15.9. The van der Waals surface area contributed by atoms with Crippen LogP contribution in [-0.2, 0) is 11.2 Å². The van der Waals surface area contributed by atoms with Crippen LogP contribution in [0.2, 0.25) is 0 Å². The molecule has 0 spiro atoms. The Hall–Kier alpha value is -4.08. The van der Waals surface area contributed by atoms with E-state index in [-0.39, 0.29) is 29.6 Å². The van der Waals surface area contributed by atoms with E-state index in [1.54, 1.807) is 27.7 Å². The zero-order valence-electron chi connectivity index (χ0n) is 22.9. The summed E-state index contributed by atoms with van der Waals surface area (Å²) in [6, 6.07) is 8.01. The summed E-state index contributed by atoms with van der Waals surface area (Å²) in [6.45, 7) is 11.1. The Morgan fingerprint density at radius 2 is 1.90 bits per heavy atom. The van der Waals surface area contributed by atoms with E-state index in [9.17, 15) is 14.0 Å². The summed E-state index contributed by atoms with van der Waals surface area (Å²) >= 11 is 0. The first-order valence-electron chi connectivity index (χ1n) is 13.3. The topological polar surface area (TPSA) is 96.8 Å². The van der Waals surface area contributed by atoms with Gasteiger partial charge in [0.1, 0.15) is 17.3 Å². The maximum Gasteiger partial charge on any atom is 0.274 e. The van der Waals surface area contributed by atoms with Crippen LogP contribution in [0.1, 0.15) is 66.2 Å². The molecule has 4 heterocycles. The molecule has 1 fully saturated rings. The van der Waals surface area contributed by atoms with E-state index in [0.717, 1.165) is 28.1 Å². The Morgan fingerprint density at radius 3 is 2.54 bits per heavy atom. The summed E-state index contributed by atoms with van der Waals surface area (Å²) in [4.78, 5) is 34.7. The van der Waals surface area contributed by atoms with Crippen LogP contribution in [0.5, 0.6) is 0 Å². The van der Waals surface area contributed by atoms with Crippen LogP contribution in [0, 0.1) is 19.7 Å². The predicted molar refractivity (Wildman–Crippen MR) is 144 cm³/mol. The van der Waals surface area contributed by atoms with Crippen LogP contribution in [0.25, 0.3) is 16.9 Å². The lowest BCUT2D eigenvalue weighted by Crippen LogP contribution is -2.55. The second kappa shape index (κ2) is 10.6. The summed E-state index contributed by atoms with van der Waals surface area (Å²) < 4.78 is 20.3. The number of imidazole rings is 1. The van der Waals surface area contributed by atoms with Crippen molar-refractivity contribution in [3.63, 3.8) is 0 Å². The fraction of sp³-hybridized carbons (Fsp3) is 0.414. The summed E-state index contributed by atoms with van der Waals surface area (Å²) in [7, 11) is 0. The zero-order chi connectivity index (χ0) is 27.8. The maximum absolute atomic E-state index is 13.5. The Labute approximate surface area is 226 Å². The van der Waals surface area contributed by atoms with E-state index >= 15 is 0 Å². The van der Waals surface area contributed by atoms with Crippen LogP contribution < -0.4 is 0 Å². The standard InChI is InChI=1S/C29H33FN6O3/c1-17(2)24-14-25(21-6-8-22(30)9-7-21)32-36-16-26(31-28(24)36)29(38)34-12-13-35(18(3)15-34)27(37)11-10-23-19(4)33-39-20(23)5/h6-9,14,16-18H,10-13,15H2,1-5H3/t18-/m0/s1. The summed E-state index contributed by atoms with van der Waals surface area (Å²) in [6.07, 6.45) is 2.61. The molecular formula is C29H33FN6O3. The molecule has 9 nitrogen and oxygen atoms in total. The van der Waals surface area contributed by atoms with E-state index in [1.807, 2.05) is 31.7 Å². The number of hydrogen-bond acceptors (Lipinski definition) is 6. The number of carbonyl (C=O) groups excluding carboxylic acids is 2. The molecule has 1 atom stereocenters. The van der Waals surface area contributed by atoms with Crippen LogP contribution >= 0.6 is 0 Å².